The van der Waals surface area contributed by atoms with Gasteiger partial charge in [0.15, 0.2) is 0 Å². The quantitative estimate of drug-likeness (QED) is 0.832. The molecule has 0 aliphatic carbocycles. The highest BCUT2D eigenvalue weighted by atomic mass is 16.5. The molecule has 0 spiro atoms. The van der Waals surface area contributed by atoms with Gasteiger partial charge in [0, 0.05) is 25.9 Å². The Morgan fingerprint density at radius 1 is 1.71 bits per heavy atom. The fourth-order valence-electron chi connectivity index (χ4n) is 2.09. The Morgan fingerprint density at radius 3 is 3.12 bits per heavy atom. The third kappa shape index (κ3) is 3.30. The number of amides is 1. The molecule has 5 heteroatoms. The number of nitrogens with one attached hydrogen (secondary N) is 1. The van der Waals surface area contributed by atoms with Gasteiger partial charge >= 0.3 is 0 Å². The molecule has 0 aromatic carbocycles. The second-order valence-electron chi connectivity index (χ2n) is 4.52. The van der Waals surface area contributed by atoms with Gasteiger partial charge in [-0.3, -0.25) is 9.48 Å². The van der Waals surface area contributed by atoms with Crippen LogP contribution in [-0.2, 0) is 23.0 Å². The van der Waals surface area contributed by atoms with Gasteiger partial charge in [-0.05, 0) is 25.8 Å². The molecule has 5 nitrogen and oxygen atoms in total. The zero-order valence-electron chi connectivity index (χ0n) is 10.4. The van der Waals surface area contributed by atoms with E-state index < -0.39 is 0 Å². The largest absolute Gasteiger partial charge is 0.376 e. The Labute approximate surface area is 101 Å². The van der Waals surface area contributed by atoms with Crippen molar-refractivity contribution < 1.29 is 9.53 Å². The van der Waals surface area contributed by atoms with E-state index in [1.165, 1.54) is 0 Å². The number of nitrogens with zero attached hydrogens (tertiary/aromatic N) is 2. The van der Waals surface area contributed by atoms with Crippen LogP contribution in [0.5, 0.6) is 0 Å². The summed E-state index contributed by atoms with van der Waals surface area (Å²) in [7, 11) is 1.86. The minimum atomic E-state index is 0.0310. The zero-order chi connectivity index (χ0) is 12.3. The van der Waals surface area contributed by atoms with Gasteiger partial charge in [0.1, 0.15) is 0 Å². The third-order valence-corrected chi connectivity index (χ3v) is 2.99. The Kier molecular flexibility index (Phi) is 3.78. The van der Waals surface area contributed by atoms with Crippen molar-refractivity contribution in [1.29, 1.82) is 0 Å². The van der Waals surface area contributed by atoms with E-state index in [4.69, 9.17) is 4.74 Å². The molecule has 1 N–H and O–H groups in total. The van der Waals surface area contributed by atoms with Crippen molar-refractivity contribution in [3.05, 3.63) is 17.5 Å². The van der Waals surface area contributed by atoms with Crippen molar-refractivity contribution in [2.24, 2.45) is 7.05 Å². The highest BCUT2D eigenvalue weighted by Gasteiger charge is 2.16. The van der Waals surface area contributed by atoms with Crippen LogP contribution in [0, 0.1) is 6.92 Å². The summed E-state index contributed by atoms with van der Waals surface area (Å²) in [6.45, 7) is 3.37. The van der Waals surface area contributed by atoms with Crippen LogP contribution in [-0.4, -0.2) is 34.9 Å². The molecule has 1 unspecified atom stereocenters. The van der Waals surface area contributed by atoms with Crippen molar-refractivity contribution in [1.82, 2.24) is 15.1 Å². The molecule has 1 saturated heterocycles. The summed E-state index contributed by atoms with van der Waals surface area (Å²) >= 11 is 0. The summed E-state index contributed by atoms with van der Waals surface area (Å²) in [5, 5.41) is 7.12. The molecule has 1 fully saturated rings. The number of ether oxygens (including phenoxy) is 1. The van der Waals surface area contributed by atoms with Crippen LogP contribution in [0.3, 0.4) is 0 Å². The molecule has 1 aromatic rings. The summed E-state index contributed by atoms with van der Waals surface area (Å²) in [5.41, 5.74) is 1.88. The number of carbonyl (C=O) groups is 1. The first-order valence-corrected chi connectivity index (χ1v) is 6.03. The predicted molar refractivity (Wildman–Crippen MR) is 63.6 cm³/mol. The van der Waals surface area contributed by atoms with E-state index in [1.54, 1.807) is 4.68 Å². The van der Waals surface area contributed by atoms with Gasteiger partial charge in [0.25, 0.3) is 0 Å². The SMILES string of the molecule is Cc1cc(CC(=O)NCC2CCCO2)n(C)n1. The average Bonchev–Trinajstić information content (AvgIpc) is 2.87. The van der Waals surface area contributed by atoms with E-state index in [0.29, 0.717) is 13.0 Å². The summed E-state index contributed by atoms with van der Waals surface area (Å²) in [6.07, 6.45) is 2.73. The maximum atomic E-state index is 11.7. The van der Waals surface area contributed by atoms with Crippen molar-refractivity contribution >= 4 is 5.91 Å². The fraction of sp³-hybridized carbons (Fsp3) is 0.667. The monoisotopic (exact) mass is 237 g/mol. The Morgan fingerprint density at radius 2 is 2.53 bits per heavy atom. The van der Waals surface area contributed by atoms with Gasteiger partial charge in [0.05, 0.1) is 18.2 Å². The van der Waals surface area contributed by atoms with Gasteiger partial charge < -0.3 is 10.1 Å². The summed E-state index contributed by atoms with van der Waals surface area (Å²) in [6, 6.07) is 1.94. The van der Waals surface area contributed by atoms with Crippen LogP contribution in [0.15, 0.2) is 6.07 Å². The lowest BCUT2D eigenvalue weighted by molar-refractivity contribution is -0.121. The Bertz CT molecular complexity index is 394. The molecular formula is C12H19N3O2. The molecule has 0 bridgehead atoms. The van der Waals surface area contributed by atoms with Crippen LogP contribution in [0.4, 0.5) is 0 Å². The number of aryl methyl sites for hydroxylation is 2. The first-order chi connectivity index (χ1) is 8.15. The predicted octanol–water partition coefficient (Wildman–Crippen LogP) is 0.566. The smallest absolute Gasteiger partial charge is 0.226 e. The maximum absolute atomic E-state index is 11.7. The molecule has 2 heterocycles. The number of hydrogen-bond donors (Lipinski definition) is 1. The number of hydrogen-bond acceptors (Lipinski definition) is 3. The minimum Gasteiger partial charge on any atom is -0.376 e. The molecule has 17 heavy (non-hydrogen) atoms. The van der Waals surface area contributed by atoms with Gasteiger partial charge in [-0.25, -0.2) is 0 Å². The van der Waals surface area contributed by atoms with Gasteiger partial charge in [-0.15, -0.1) is 0 Å². The van der Waals surface area contributed by atoms with Crippen LogP contribution < -0.4 is 5.32 Å². The normalized spacial score (nSPS) is 19.5. The zero-order valence-corrected chi connectivity index (χ0v) is 10.4. The summed E-state index contributed by atoms with van der Waals surface area (Å²) < 4.78 is 7.20. The summed E-state index contributed by atoms with van der Waals surface area (Å²) in [4.78, 5) is 11.7. The lowest BCUT2D eigenvalue weighted by Gasteiger charge is -2.10. The highest BCUT2D eigenvalue weighted by Crippen LogP contribution is 2.10. The van der Waals surface area contributed by atoms with Crippen molar-refractivity contribution in [3.63, 3.8) is 0 Å². The molecule has 0 radical (unpaired) electrons. The van der Waals surface area contributed by atoms with Crippen LogP contribution in [0.1, 0.15) is 24.2 Å². The lowest BCUT2D eigenvalue weighted by Crippen LogP contribution is -2.33. The fourth-order valence-corrected chi connectivity index (χ4v) is 2.09. The summed E-state index contributed by atoms with van der Waals surface area (Å²) in [5.74, 6) is 0.0310. The highest BCUT2D eigenvalue weighted by molar-refractivity contribution is 5.78. The second kappa shape index (κ2) is 5.31. The van der Waals surface area contributed by atoms with E-state index in [1.807, 2.05) is 20.0 Å². The van der Waals surface area contributed by atoms with Gasteiger partial charge in [-0.1, -0.05) is 0 Å². The average molecular weight is 237 g/mol. The number of carbonyl (C=O) groups excluding carboxylic acids is 1. The molecule has 1 amide bonds. The number of aromatic nitrogens is 2. The first kappa shape index (κ1) is 12.1. The van der Waals surface area contributed by atoms with Crippen molar-refractivity contribution in [3.8, 4) is 0 Å². The Balaban J connectivity index is 1.78. The van der Waals surface area contributed by atoms with Crippen LogP contribution in [0.25, 0.3) is 0 Å². The molecule has 1 aliphatic rings. The minimum absolute atomic E-state index is 0.0310. The van der Waals surface area contributed by atoms with Crippen molar-refractivity contribution in [2.45, 2.75) is 32.3 Å². The molecule has 0 saturated carbocycles. The van der Waals surface area contributed by atoms with Gasteiger partial charge in [0.2, 0.25) is 5.91 Å². The topological polar surface area (TPSA) is 56.1 Å². The Hall–Kier alpha value is -1.36. The second-order valence-corrected chi connectivity index (χ2v) is 4.52. The molecule has 94 valence electrons. The number of rotatable bonds is 4. The standard InChI is InChI=1S/C12H19N3O2/c1-9-6-10(15(2)14-9)7-12(16)13-8-11-4-3-5-17-11/h6,11H,3-5,7-8H2,1-2H3,(H,13,16). The van der Waals surface area contributed by atoms with Crippen molar-refractivity contribution in [2.75, 3.05) is 13.2 Å². The molecule has 1 aromatic heterocycles. The molecule has 1 aliphatic heterocycles. The van der Waals surface area contributed by atoms with E-state index >= 15 is 0 Å². The van der Waals surface area contributed by atoms with Gasteiger partial charge in [-0.2, -0.15) is 5.10 Å². The maximum Gasteiger partial charge on any atom is 0.226 e. The van der Waals surface area contributed by atoms with E-state index in [9.17, 15) is 4.79 Å². The van der Waals surface area contributed by atoms with E-state index in [-0.39, 0.29) is 12.0 Å². The van der Waals surface area contributed by atoms with Crippen LogP contribution >= 0.6 is 0 Å². The molecule has 2 rings (SSSR count). The molecule has 1 atom stereocenters. The first-order valence-electron chi connectivity index (χ1n) is 6.03. The third-order valence-electron chi connectivity index (χ3n) is 2.99. The van der Waals surface area contributed by atoms with E-state index in [0.717, 1.165) is 30.8 Å². The van der Waals surface area contributed by atoms with E-state index in [2.05, 4.69) is 10.4 Å². The van der Waals surface area contributed by atoms with Crippen LogP contribution in [0.2, 0.25) is 0 Å². The lowest BCUT2D eigenvalue weighted by atomic mass is 10.2. The molecular weight excluding hydrogens is 218 g/mol.